The highest BCUT2D eigenvalue weighted by atomic mass is 79.9. The van der Waals surface area contributed by atoms with Crippen LogP contribution in [0.3, 0.4) is 0 Å². The van der Waals surface area contributed by atoms with Gasteiger partial charge in [-0.2, -0.15) is 0 Å². The Hall–Kier alpha value is -1.99. The molecule has 0 heterocycles. The molecule has 2 atom stereocenters. The van der Waals surface area contributed by atoms with Crippen LogP contribution in [0.1, 0.15) is 16.8 Å². The van der Waals surface area contributed by atoms with Gasteiger partial charge in [0.2, 0.25) is 0 Å². The molecule has 7 heteroatoms. The lowest BCUT2D eigenvalue weighted by atomic mass is 10.1. The molecule has 25 heavy (non-hydrogen) atoms. The predicted molar refractivity (Wildman–Crippen MR) is 99.7 cm³/mol. The molecule has 2 rings (SSSR count). The Morgan fingerprint density at radius 1 is 1.16 bits per heavy atom. The number of carbonyl (C=O) groups excluding carboxylic acids is 2. The van der Waals surface area contributed by atoms with E-state index in [-0.39, 0.29) is 18.1 Å². The third-order valence-electron chi connectivity index (χ3n) is 3.48. The molecule has 0 unspecified atom stereocenters. The minimum atomic E-state index is -1.25. The van der Waals surface area contributed by atoms with Crippen molar-refractivity contribution in [2.75, 3.05) is 12.9 Å². The molecule has 0 aromatic heterocycles. The summed E-state index contributed by atoms with van der Waals surface area (Å²) in [5, 5.41) is 2.65. The van der Waals surface area contributed by atoms with Gasteiger partial charge in [-0.05, 0) is 36.8 Å². The third-order valence-corrected chi connectivity index (χ3v) is 5.37. The van der Waals surface area contributed by atoms with Gasteiger partial charge in [0, 0.05) is 20.7 Å². The Morgan fingerprint density at radius 3 is 2.52 bits per heavy atom. The molecule has 0 fully saturated rings. The minimum Gasteiger partial charge on any atom is -0.467 e. The maximum absolute atomic E-state index is 12.3. The molecular weight excluding hydrogens is 406 g/mol. The fourth-order valence-electron chi connectivity index (χ4n) is 2.18. The summed E-state index contributed by atoms with van der Waals surface area (Å²) in [6.45, 7) is 0. The Bertz CT molecular complexity index is 767. The largest absolute Gasteiger partial charge is 0.467 e. The molecule has 0 aliphatic carbocycles. The molecule has 5 nitrogen and oxygen atoms in total. The number of esters is 1. The molecule has 0 aliphatic rings. The average molecular weight is 424 g/mol. The van der Waals surface area contributed by atoms with Crippen molar-refractivity contribution in [3.8, 4) is 0 Å². The van der Waals surface area contributed by atoms with Gasteiger partial charge in [0.1, 0.15) is 6.04 Å². The summed E-state index contributed by atoms with van der Waals surface area (Å²) in [7, 11) is 0.00662. The zero-order valence-corrected chi connectivity index (χ0v) is 16.0. The normalized spacial score (nSPS) is 12.9. The monoisotopic (exact) mass is 423 g/mol. The number of nitrogens with one attached hydrogen (secondary N) is 1. The summed E-state index contributed by atoms with van der Waals surface area (Å²) in [6, 6.07) is 15.0. The van der Waals surface area contributed by atoms with Gasteiger partial charge < -0.3 is 10.1 Å². The van der Waals surface area contributed by atoms with Crippen LogP contribution in [0.5, 0.6) is 0 Å². The fourth-order valence-corrected chi connectivity index (χ4v) is 3.72. The number of ether oxygens (including phenoxy) is 1. The van der Waals surface area contributed by atoms with E-state index in [0.717, 1.165) is 4.47 Å². The average Bonchev–Trinajstić information content (AvgIpc) is 2.64. The highest BCUT2D eigenvalue weighted by molar-refractivity contribution is 9.10. The van der Waals surface area contributed by atoms with Crippen molar-refractivity contribution in [3.63, 3.8) is 0 Å². The predicted octanol–water partition coefficient (Wildman–Crippen LogP) is 2.92. The number of rotatable bonds is 7. The quantitative estimate of drug-likeness (QED) is 0.694. The lowest BCUT2D eigenvalue weighted by Gasteiger charge is -2.16. The smallest absolute Gasteiger partial charge is 0.328 e. The van der Waals surface area contributed by atoms with Crippen molar-refractivity contribution < 1.29 is 18.5 Å². The molecule has 0 saturated carbocycles. The van der Waals surface area contributed by atoms with Gasteiger partial charge in [-0.15, -0.1) is 0 Å². The van der Waals surface area contributed by atoms with Gasteiger partial charge >= 0.3 is 5.97 Å². The molecule has 0 spiro atoms. The van der Waals surface area contributed by atoms with Crippen LogP contribution >= 0.6 is 15.9 Å². The van der Waals surface area contributed by atoms with E-state index in [1.54, 1.807) is 48.5 Å². The highest BCUT2D eigenvalue weighted by Gasteiger charge is 2.23. The topological polar surface area (TPSA) is 72.5 Å². The second kappa shape index (κ2) is 9.48. The molecule has 2 aromatic carbocycles. The van der Waals surface area contributed by atoms with E-state index in [1.165, 1.54) is 7.11 Å². The number of benzene rings is 2. The van der Waals surface area contributed by atoms with Crippen LogP contribution in [-0.4, -0.2) is 35.0 Å². The fraction of sp³-hybridized carbons (Fsp3) is 0.222. The minimum absolute atomic E-state index is 0.216. The Balaban J connectivity index is 2.02. The van der Waals surface area contributed by atoms with Crippen molar-refractivity contribution in [2.45, 2.75) is 17.4 Å². The summed E-state index contributed by atoms with van der Waals surface area (Å²) in [6.07, 6.45) is 0.216. The first-order chi connectivity index (χ1) is 12.0. The zero-order chi connectivity index (χ0) is 18.2. The van der Waals surface area contributed by atoms with Crippen LogP contribution in [0.4, 0.5) is 0 Å². The standard InChI is InChI=1S/C18H18BrNO4S/c1-24-18(22)16(10-11-25(23)15-8-3-2-4-9-15)20-17(21)13-6-5-7-14(19)12-13/h2-9,12,16H,10-11H2,1H3,(H,20,21)/t16-,25+/m0/s1. The summed E-state index contributed by atoms with van der Waals surface area (Å²) >= 11 is 3.30. The molecule has 0 saturated heterocycles. The lowest BCUT2D eigenvalue weighted by Crippen LogP contribution is -2.42. The van der Waals surface area contributed by atoms with Gasteiger partial charge in [0.25, 0.3) is 5.91 Å². The SMILES string of the molecule is COC(=O)[C@H](CC[S@@](=O)c1ccccc1)NC(=O)c1cccc(Br)c1. The molecule has 132 valence electrons. The van der Waals surface area contributed by atoms with Crippen LogP contribution in [0.2, 0.25) is 0 Å². The molecule has 1 N–H and O–H groups in total. The molecule has 0 aliphatic heterocycles. The van der Waals surface area contributed by atoms with Crippen LogP contribution in [0, 0.1) is 0 Å². The van der Waals surface area contributed by atoms with E-state index in [0.29, 0.717) is 10.5 Å². The zero-order valence-electron chi connectivity index (χ0n) is 13.6. The van der Waals surface area contributed by atoms with Gasteiger partial charge in [-0.3, -0.25) is 9.00 Å². The second-order valence-corrected chi connectivity index (χ2v) is 7.70. The Morgan fingerprint density at radius 2 is 1.88 bits per heavy atom. The Labute approximate surface area is 157 Å². The van der Waals surface area contributed by atoms with E-state index in [9.17, 15) is 13.8 Å². The highest BCUT2D eigenvalue weighted by Crippen LogP contribution is 2.13. The molecule has 2 aromatic rings. The van der Waals surface area contributed by atoms with Gasteiger partial charge in [-0.1, -0.05) is 40.2 Å². The maximum atomic E-state index is 12.3. The Kier molecular flexibility index (Phi) is 7.33. The van der Waals surface area contributed by atoms with E-state index < -0.39 is 22.8 Å². The van der Waals surface area contributed by atoms with Crippen molar-refractivity contribution in [3.05, 3.63) is 64.6 Å². The molecule has 0 radical (unpaired) electrons. The van der Waals surface area contributed by atoms with Crippen molar-refractivity contribution >= 4 is 38.6 Å². The number of amides is 1. The summed E-state index contributed by atoms with van der Waals surface area (Å²) in [4.78, 5) is 25.0. The van der Waals surface area contributed by atoms with E-state index in [4.69, 9.17) is 4.74 Å². The van der Waals surface area contributed by atoms with Crippen molar-refractivity contribution in [1.29, 1.82) is 0 Å². The second-order valence-electron chi connectivity index (χ2n) is 5.21. The number of hydrogen-bond donors (Lipinski definition) is 1. The lowest BCUT2D eigenvalue weighted by molar-refractivity contribution is -0.142. The maximum Gasteiger partial charge on any atom is 0.328 e. The third kappa shape index (κ3) is 5.79. The number of carbonyl (C=O) groups is 2. The van der Waals surface area contributed by atoms with Gasteiger partial charge in [0.05, 0.1) is 17.9 Å². The number of hydrogen-bond acceptors (Lipinski definition) is 4. The molecule has 0 bridgehead atoms. The van der Waals surface area contributed by atoms with Crippen LogP contribution < -0.4 is 5.32 Å². The molecular formula is C18H18BrNO4S. The number of halogens is 1. The number of methoxy groups -OCH3 is 1. The first kappa shape index (κ1) is 19.3. The first-order valence-corrected chi connectivity index (χ1v) is 9.70. The van der Waals surface area contributed by atoms with Gasteiger partial charge in [-0.25, -0.2) is 4.79 Å². The van der Waals surface area contributed by atoms with Gasteiger partial charge in [0.15, 0.2) is 0 Å². The summed E-state index contributed by atoms with van der Waals surface area (Å²) < 4.78 is 17.8. The first-order valence-electron chi connectivity index (χ1n) is 7.59. The van der Waals surface area contributed by atoms with Crippen molar-refractivity contribution in [1.82, 2.24) is 5.32 Å². The van der Waals surface area contributed by atoms with Crippen LogP contribution in [0.25, 0.3) is 0 Å². The summed E-state index contributed by atoms with van der Waals surface area (Å²) in [5.41, 5.74) is 0.424. The summed E-state index contributed by atoms with van der Waals surface area (Å²) in [5.74, 6) is -0.710. The molecule has 1 amide bonds. The van der Waals surface area contributed by atoms with Crippen LogP contribution in [-0.2, 0) is 20.3 Å². The van der Waals surface area contributed by atoms with Crippen molar-refractivity contribution in [2.24, 2.45) is 0 Å². The van der Waals surface area contributed by atoms with Crippen LogP contribution in [0.15, 0.2) is 64.0 Å². The van der Waals surface area contributed by atoms with E-state index in [1.807, 2.05) is 6.07 Å². The van der Waals surface area contributed by atoms with E-state index >= 15 is 0 Å². The van der Waals surface area contributed by atoms with E-state index in [2.05, 4.69) is 21.2 Å².